The van der Waals surface area contributed by atoms with Gasteiger partial charge in [-0.25, -0.2) is 9.36 Å². The molecule has 0 fully saturated rings. The van der Waals surface area contributed by atoms with Crippen molar-refractivity contribution in [3.63, 3.8) is 0 Å². The topological polar surface area (TPSA) is 80.0 Å². The molecule has 0 N–H and O–H groups in total. The summed E-state index contributed by atoms with van der Waals surface area (Å²) in [7, 11) is 0. The molecule has 6 heteroatoms. The van der Waals surface area contributed by atoms with Crippen LogP contribution in [0, 0.1) is 0 Å². The SMILES string of the molecule is CC(C)(C)OC(=O)n1c2c(c3ccccc31)CCCC2N=[N+]=[N-]. The van der Waals surface area contributed by atoms with Crippen molar-refractivity contribution >= 4 is 17.0 Å². The molecule has 2 aromatic rings. The summed E-state index contributed by atoms with van der Waals surface area (Å²) >= 11 is 0. The van der Waals surface area contributed by atoms with Crippen molar-refractivity contribution in [2.24, 2.45) is 5.11 Å². The van der Waals surface area contributed by atoms with Crippen LogP contribution in [-0.2, 0) is 11.2 Å². The fourth-order valence-corrected chi connectivity index (χ4v) is 3.23. The molecule has 0 bridgehead atoms. The Balaban J connectivity index is 2.25. The maximum Gasteiger partial charge on any atom is 0.419 e. The molecule has 0 amide bonds. The summed E-state index contributed by atoms with van der Waals surface area (Å²) in [5, 5.41) is 4.95. The second-order valence-electron chi connectivity index (χ2n) is 6.81. The zero-order valence-electron chi connectivity index (χ0n) is 13.6. The third-order valence-electron chi connectivity index (χ3n) is 4.01. The third kappa shape index (κ3) is 2.78. The smallest absolute Gasteiger partial charge is 0.419 e. The summed E-state index contributed by atoms with van der Waals surface area (Å²) in [6, 6.07) is 7.44. The van der Waals surface area contributed by atoms with Gasteiger partial charge in [-0.05, 0) is 57.2 Å². The number of carbonyl (C=O) groups is 1. The number of hydrogen-bond donors (Lipinski definition) is 0. The van der Waals surface area contributed by atoms with Crippen molar-refractivity contribution < 1.29 is 9.53 Å². The molecule has 1 aliphatic carbocycles. The van der Waals surface area contributed by atoms with Crippen LogP contribution in [0.1, 0.15) is 50.9 Å². The van der Waals surface area contributed by atoms with Crippen molar-refractivity contribution in [2.45, 2.75) is 51.7 Å². The minimum Gasteiger partial charge on any atom is -0.443 e. The molecule has 0 radical (unpaired) electrons. The normalized spacial score (nSPS) is 17.4. The standard InChI is InChI=1S/C17H20N4O2/c1-17(2,3)23-16(22)21-14-10-5-4-7-11(14)12-8-6-9-13(15(12)21)19-20-18/h4-5,7,10,13H,6,8-9H2,1-3H3. The van der Waals surface area contributed by atoms with E-state index in [0.717, 1.165) is 41.4 Å². The summed E-state index contributed by atoms with van der Waals surface area (Å²) in [5.74, 6) is 0. The van der Waals surface area contributed by atoms with Gasteiger partial charge in [0.25, 0.3) is 0 Å². The van der Waals surface area contributed by atoms with E-state index in [1.54, 1.807) is 4.57 Å². The molecule has 0 aliphatic heterocycles. The number of para-hydroxylation sites is 1. The number of nitrogens with zero attached hydrogens (tertiary/aromatic N) is 4. The number of azide groups is 1. The summed E-state index contributed by atoms with van der Waals surface area (Å²) < 4.78 is 7.16. The first-order valence-corrected chi connectivity index (χ1v) is 7.82. The quantitative estimate of drug-likeness (QED) is 0.416. The van der Waals surface area contributed by atoms with E-state index in [2.05, 4.69) is 10.0 Å². The van der Waals surface area contributed by atoms with E-state index < -0.39 is 11.7 Å². The molecule has 120 valence electrons. The van der Waals surface area contributed by atoms with Gasteiger partial charge in [-0.15, -0.1) is 0 Å². The monoisotopic (exact) mass is 312 g/mol. The minimum atomic E-state index is -0.585. The predicted molar refractivity (Wildman–Crippen MR) is 88.4 cm³/mol. The van der Waals surface area contributed by atoms with Crippen LogP contribution in [0.25, 0.3) is 21.3 Å². The number of benzene rings is 1. The first-order valence-electron chi connectivity index (χ1n) is 7.82. The Kier molecular flexibility index (Phi) is 3.78. The van der Waals surface area contributed by atoms with E-state index in [4.69, 9.17) is 10.3 Å². The average Bonchev–Trinajstić information content (AvgIpc) is 2.81. The number of aryl methyl sites for hydroxylation is 1. The summed E-state index contributed by atoms with van der Waals surface area (Å²) in [5.41, 5.74) is 11.0. The summed E-state index contributed by atoms with van der Waals surface area (Å²) in [6.45, 7) is 5.52. The van der Waals surface area contributed by atoms with Crippen molar-refractivity contribution in [3.05, 3.63) is 46.0 Å². The zero-order valence-corrected chi connectivity index (χ0v) is 13.6. The molecule has 0 saturated heterocycles. The van der Waals surface area contributed by atoms with Crippen molar-refractivity contribution in [3.8, 4) is 0 Å². The second-order valence-corrected chi connectivity index (χ2v) is 6.81. The molecule has 1 aromatic heterocycles. The number of fused-ring (bicyclic) bond motifs is 3. The van der Waals surface area contributed by atoms with Gasteiger partial charge in [0.05, 0.1) is 11.6 Å². The van der Waals surface area contributed by atoms with Crippen LogP contribution < -0.4 is 0 Å². The Bertz CT molecular complexity index is 810. The Morgan fingerprint density at radius 3 is 2.83 bits per heavy atom. The van der Waals surface area contributed by atoms with E-state index >= 15 is 0 Å². The highest BCUT2D eigenvalue weighted by Crippen LogP contribution is 2.39. The van der Waals surface area contributed by atoms with Gasteiger partial charge in [0.15, 0.2) is 0 Å². The number of rotatable bonds is 1. The van der Waals surface area contributed by atoms with E-state index in [1.807, 2.05) is 45.0 Å². The molecule has 1 atom stereocenters. The van der Waals surface area contributed by atoms with Gasteiger partial charge in [-0.2, -0.15) is 0 Å². The second kappa shape index (κ2) is 5.63. The molecule has 1 aromatic carbocycles. The lowest BCUT2D eigenvalue weighted by Gasteiger charge is -2.24. The third-order valence-corrected chi connectivity index (χ3v) is 4.01. The van der Waals surface area contributed by atoms with Crippen molar-refractivity contribution in [1.29, 1.82) is 0 Å². The lowest BCUT2D eigenvalue weighted by Crippen LogP contribution is -2.29. The van der Waals surface area contributed by atoms with Gasteiger partial charge in [-0.3, -0.25) is 0 Å². The maximum atomic E-state index is 12.8. The van der Waals surface area contributed by atoms with Gasteiger partial charge in [-0.1, -0.05) is 23.3 Å². The highest BCUT2D eigenvalue weighted by Gasteiger charge is 2.31. The molecule has 0 spiro atoms. The largest absolute Gasteiger partial charge is 0.443 e. The average molecular weight is 312 g/mol. The van der Waals surface area contributed by atoms with Crippen LogP contribution in [0.5, 0.6) is 0 Å². The Hall–Kier alpha value is -2.46. The Morgan fingerprint density at radius 2 is 2.13 bits per heavy atom. The fraction of sp³-hybridized carbons (Fsp3) is 0.471. The van der Waals surface area contributed by atoms with Crippen LogP contribution in [0.4, 0.5) is 4.79 Å². The van der Waals surface area contributed by atoms with Gasteiger partial charge in [0.2, 0.25) is 0 Å². The van der Waals surface area contributed by atoms with E-state index in [-0.39, 0.29) is 6.04 Å². The molecular formula is C17H20N4O2. The lowest BCUT2D eigenvalue weighted by molar-refractivity contribution is 0.0537. The number of carbonyl (C=O) groups excluding carboxylic acids is 1. The molecule has 23 heavy (non-hydrogen) atoms. The number of aromatic nitrogens is 1. The summed E-state index contributed by atoms with van der Waals surface area (Å²) in [4.78, 5) is 15.7. The lowest BCUT2D eigenvalue weighted by atomic mass is 9.92. The van der Waals surface area contributed by atoms with Gasteiger partial charge in [0.1, 0.15) is 5.60 Å². The summed E-state index contributed by atoms with van der Waals surface area (Å²) in [6.07, 6.45) is 2.15. The van der Waals surface area contributed by atoms with Gasteiger partial charge in [0, 0.05) is 16.0 Å². The van der Waals surface area contributed by atoms with E-state index in [1.165, 1.54) is 0 Å². The van der Waals surface area contributed by atoms with Crippen LogP contribution >= 0.6 is 0 Å². The molecule has 0 saturated carbocycles. The van der Waals surface area contributed by atoms with Crippen molar-refractivity contribution in [1.82, 2.24) is 4.57 Å². The van der Waals surface area contributed by atoms with Gasteiger partial charge >= 0.3 is 6.09 Å². The maximum absolute atomic E-state index is 12.8. The molecule has 3 rings (SSSR count). The Morgan fingerprint density at radius 1 is 1.39 bits per heavy atom. The molecule has 1 aliphatic rings. The van der Waals surface area contributed by atoms with Crippen LogP contribution in [0.15, 0.2) is 29.4 Å². The van der Waals surface area contributed by atoms with Crippen LogP contribution in [0.3, 0.4) is 0 Å². The number of hydrogen-bond acceptors (Lipinski definition) is 3. The van der Waals surface area contributed by atoms with Gasteiger partial charge < -0.3 is 4.74 Å². The van der Waals surface area contributed by atoms with Crippen LogP contribution in [0.2, 0.25) is 0 Å². The zero-order chi connectivity index (χ0) is 16.6. The molecule has 1 unspecified atom stereocenters. The first kappa shape index (κ1) is 15.4. The predicted octanol–water partition coefficient (Wildman–Crippen LogP) is 5.11. The molecule has 1 heterocycles. The highest BCUT2D eigenvalue weighted by atomic mass is 16.6. The minimum absolute atomic E-state index is 0.330. The Labute approximate surface area is 134 Å². The van der Waals surface area contributed by atoms with E-state index in [9.17, 15) is 4.79 Å². The number of ether oxygens (including phenoxy) is 1. The highest BCUT2D eigenvalue weighted by molar-refractivity contribution is 5.94. The molecular weight excluding hydrogens is 292 g/mol. The van der Waals surface area contributed by atoms with Crippen molar-refractivity contribution in [2.75, 3.05) is 0 Å². The van der Waals surface area contributed by atoms with E-state index in [0.29, 0.717) is 0 Å². The first-order chi connectivity index (χ1) is 10.9. The molecule has 6 nitrogen and oxygen atoms in total. The fourth-order valence-electron chi connectivity index (χ4n) is 3.23. The van der Waals surface area contributed by atoms with Crippen LogP contribution in [-0.4, -0.2) is 16.3 Å².